The number of hydrogen-bond acceptors (Lipinski definition) is 4. The minimum absolute atomic E-state index is 0.234. The molecule has 2 heterocycles. The van der Waals surface area contributed by atoms with E-state index in [4.69, 9.17) is 9.84 Å². The first kappa shape index (κ1) is 14.7. The molecule has 1 unspecified atom stereocenters. The van der Waals surface area contributed by atoms with Crippen molar-refractivity contribution in [2.45, 2.75) is 12.6 Å². The van der Waals surface area contributed by atoms with Crippen molar-refractivity contribution in [2.24, 2.45) is 0 Å². The molecule has 1 aromatic carbocycles. The zero-order chi connectivity index (χ0) is 15.5. The van der Waals surface area contributed by atoms with E-state index in [0.29, 0.717) is 37.5 Å². The molecule has 5 nitrogen and oxygen atoms in total. The van der Waals surface area contributed by atoms with Crippen LogP contribution in [-0.2, 0) is 0 Å². The van der Waals surface area contributed by atoms with Crippen molar-refractivity contribution in [2.75, 3.05) is 26.2 Å². The van der Waals surface area contributed by atoms with Crippen LogP contribution in [0.4, 0.5) is 4.39 Å². The maximum Gasteiger partial charge on any atom is 0.335 e. The fourth-order valence-corrected chi connectivity index (χ4v) is 2.59. The van der Waals surface area contributed by atoms with Gasteiger partial charge in [-0.2, -0.15) is 0 Å². The molecule has 1 aliphatic rings. The van der Waals surface area contributed by atoms with Crippen molar-refractivity contribution < 1.29 is 19.0 Å². The largest absolute Gasteiger partial charge is 0.478 e. The van der Waals surface area contributed by atoms with Crippen LogP contribution in [0.2, 0.25) is 0 Å². The summed E-state index contributed by atoms with van der Waals surface area (Å²) in [4.78, 5) is 17.3. The van der Waals surface area contributed by atoms with Gasteiger partial charge in [0.15, 0.2) is 0 Å². The highest BCUT2D eigenvalue weighted by Gasteiger charge is 2.21. The predicted octanol–water partition coefficient (Wildman–Crippen LogP) is 2.36. The van der Waals surface area contributed by atoms with Gasteiger partial charge < -0.3 is 9.84 Å². The monoisotopic (exact) mass is 304 g/mol. The molecule has 0 bridgehead atoms. The molecule has 116 valence electrons. The van der Waals surface area contributed by atoms with Gasteiger partial charge in [-0.3, -0.25) is 4.90 Å². The summed E-state index contributed by atoms with van der Waals surface area (Å²) in [5.41, 5.74) is 0.922. The summed E-state index contributed by atoms with van der Waals surface area (Å²) in [6.07, 6.45) is -0.123. The van der Waals surface area contributed by atoms with Crippen LogP contribution in [0.1, 0.15) is 16.8 Å². The SMILES string of the molecule is O=C(O)c1ccc2nc(OCCN3CCC(F)C3)ccc2c1. The minimum Gasteiger partial charge on any atom is -0.478 e. The third-order valence-corrected chi connectivity index (χ3v) is 3.78. The molecule has 0 saturated carbocycles. The molecule has 0 amide bonds. The summed E-state index contributed by atoms with van der Waals surface area (Å²) in [6, 6.07) is 8.28. The summed E-state index contributed by atoms with van der Waals surface area (Å²) < 4.78 is 18.6. The number of likely N-dealkylation sites (tertiary alicyclic amines) is 1. The highest BCUT2D eigenvalue weighted by atomic mass is 19.1. The van der Waals surface area contributed by atoms with Crippen LogP contribution >= 0.6 is 0 Å². The number of alkyl halides is 1. The highest BCUT2D eigenvalue weighted by molar-refractivity contribution is 5.93. The summed E-state index contributed by atoms with van der Waals surface area (Å²) in [7, 11) is 0. The molecule has 1 fully saturated rings. The minimum atomic E-state index is -0.959. The molecule has 1 aromatic heterocycles. The molecule has 1 N–H and O–H groups in total. The third-order valence-electron chi connectivity index (χ3n) is 3.78. The van der Waals surface area contributed by atoms with Gasteiger partial charge >= 0.3 is 5.97 Å². The number of carboxylic acids is 1. The standard InChI is InChI=1S/C16H17FN2O3/c17-13-5-6-19(10-13)7-8-22-15-4-2-11-9-12(16(20)21)1-3-14(11)18-15/h1-4,9,13H,5-8,10H2,(H,20,21). The molecule has 2 aromatic rings. The van der Waals surface area contributed by atoms with Gasteiger partial charge in [-0.05, 0) is 30.7 Å². The molecular weight excluding hydrogens is 287 g/mol. The summed E-state index contributed by atoms with van der Waals surface area (Å²) in [5, 5.41) is 9.72. The zero-order valence-corrected chi connectivity index (χ0v) is 12.0. The Hall–Kier alpha value is -2.21. The van der Waals surface area contributed by atoms with Crippen LogP contribution in [0.15, 0.2) is 30.3 Å². The molecule has 1 atom stereocenters. The first-order valence-corrected chi connectivity index (χ1v) is 7.25. The van der Waals surface area contributed by atoms with Crippen LogP contribution in [-0.4, -0.2) is 53.4 Å². The Morgan fingerprint density at radius 3 is 3.00 bits per heavy atom. The summed E-state index contributed by atoms with van der Waals surface area (Å²) >= 11 is 0. The molecule has 0 radical (unpaired) electrons. The van der Waals surface area contributed by atoms with Gasteiger partial charge in [-0.1, -0.05) is 0 Å². The number of ether oxygens (including phenoxy) is 1. The number of aromatic nitrogens is 1. The van der Waals surface area contributed by atoms with E-state index in [-0.39, 0.29) is 5.56 Å². The average Bonchev–Trinajstić information content (AvgIpc) is 2.92. The Morgan fingerprint density at radius 2 is 2.27 bits per heavy atom. The van der Waals surface area contributed by atoms with E-state index in [0.717, 1.165) is 11.9 Å². The Morgan fingerprint density at radius 1 is 1.41 bits per heavy atom. The fraction of sp³-hybridized carbons (Fsp3) is 0.375. The van der Waals surface area contributed by atoms with E-state index >= 15 is 0 Å². The second-order valence-corrected chi connectivity index (χ2v) is 5.40. The second kappa shape index (κ2) is 6.27. The Bertz CT molecular complexity index is 692. The van der Waals surface area contributed by atoms with Gasteiger partial charge in [0.25, 0.3) is 0 Å². The van der Waals surface area contributed by atoms with E-state index in [2.05, 4.69) is 4.98 Å². The number of rotatable bonds is 5. The van der Waals surface area contributed by atoms with Crippen molar-refractivity contribution in [1.29, 1.82) is 0 Å². The van der Waals surface area contributed by atoms with Crippen molar-refractivity contribution in [1.82, 2.24) is 9.88 Å². The maximum atomic E-state index is 13.1. The molecule has 0 spiro atoms. The number of pyridine rings is 1. The quantitative estimate of drug-likeness (QED) is 0.918. The summed E-state index contributed by atoms with van der Waals surface area (Å²) in [5.74, 6) is -0.467. The fourth-order valence-electron chi connectivity index (χ4n) is 2.59. The van der Waals surface area contributed by atoms with Gasteiger partial charge in [0.05, 0.1) is 11.1 Å². The topological polar surface area (TPSA) is 62.7 Å². The smallest absolute Gasteiger partial charge is 0.335 e. The molecule has 1 saturated heterocycles. The first-order valence-electron chi connectivity index (χ1n) is 7.25. The van der Waals surface area contributed by atoms with E-state index < -0.39 is 12.1 Å². The van der Waals surface area contributed by atoms with Crippen LogP contribution in [0.3, 0.4) is 0 Å². The van der Waals surface area contributed by atoms with Crippen molar-refractivity contribution in [3.8, 4) is 5.88 Å². The number of halogens is 1. The lowest BCUT2D eigenvalue weighted by Crippen LogP contribution is -2.26. The summed E-state index contributed by atoms with van der Waals surface area (Å²) in [6.45, 7) is 2.39. The van der Waals surface area contributed by atoms with E-state index in [1.165, 1.54) is 6.07 Å². The van der Waals surface area contributed by atoms with Gasteiger partial charge in [-0.15, -0.1) is 0 Å². The number of nitrogens with zero attached hydrogens (tertiary/aromatic N) is 2. The van der Waals surface area contributed by atoms with Gasteiger partial charge in [-0.25, -0.2) is 14.2 Å². The van der Waals surface area contributed by atoms with Gasteiger partial charge in [0.2, 0.25) is 5.88 Å². The van der Waals surface area contributed by atoms with Crippen LogP contribution in [0, 0.1) is 0 Å². The second-order valence-electron chi connectivity index (χ2n) is 5.40. The van der Waals surface area contributed by atoms with Crippen LogP contribution < -0.4 is 4.74 Å². The lowest BCUT2D eigenvalue weighted by molar-refractivity contribution is 0.0697. The third kappa shape index (κ3) is 3.33. The van der Waals surface area contributed by atoms with Gasteiger partial charge in [0.1, 0.15) is 12.8 Å². The Balaban J connectivity index is 1.62. The lowest BCUT2D eigenvalue weighted by atomic mass is 10.1. The molecule has 1 aliphatic heterocycles. The number of aromatic carboxylic acids is 1. The Kier molecular flexibility index (Phi) is 4.20. The normalized spacial score (nSPS) is 18.7. The number of carbonyl (C=O) groups is 1. The van der Waals surface area contributed by atoms with Crippen molar-refractivity contribution >= 4 is 16.9 Å². The average molecular weight is 304 g/mol. The number of carboxylic acid groups (broad SMARTS) is 1. The first-order chi connectivity index (χ1) is 10.6. The van der Waals surface area contributed by atoms with E-state index in [1.807, 2.05) is 4.90 Å². The highest BCUT2D eigenvalue weighted by Crippen LogP contribution is 2.18. The lowest BCUT2D eigenvalue weighted by Gasteiger charge is -2.14. The maximum absolute atomic E-state index is 13.1. The van der Waals surface area contributed by atoms with E-state index in [9.17, 15) is 9.18 Å². The van der Waals surface area contributed by atoms with Crippen molar-refractivity contribution in [3.05, 3.63) is 35.9 Å². The molecule has 0 aliphatic carbocycles. The predicted molar refractivity (Wildman–Crippen MR) is 80.2 cm³/mol. The zero-order valence-electron chi connectivity index (χ0n) is 12.0. The van der Waals surface area contributed by atoms with Gasteiger partial charge in [0, 0.05) is 31.1 Å². The van der Waals surface area contributed by atoms with E-state index in [1.54, 1.807) is 24.3 Å². The van der Waals surface area contributed by atoms with Crippen LogP contribution in [0.25, 0.3) is 10.9 Å². The molecular formula is C16H17FN2O3. The van der Waals surface area contributed by atoms with Crippen molar-refractivity contribution in [3.63, 3.8) is 0 Å². The molecule has 22 heavy (non-hydrogen) atoms. The number of hydrogen-bond donors (Lipinski definition) is 1. The number of fused-ring (bicyclic) bond motifs is 1. The molecule has 3 rings (SSSR count). The van der Waals surface area contributed by atoms with Crippen LogP contribution in [0.5, 0.6) is 5.88 Å². The number of benzene rings is 1. The Labute approximate surface area is 127 Å². The molecule has 6 heteroatoms.